The first-order valence-electron chi connectivity index (χ1n) is 6.80. The molecule has 21 heavy (non-hydrogen) atoms. The Labute approximate surface area is 122 Å². The Kier molecular flexibility index (Phi) is 4.37. The zero-order valence-corrected chi connectivity index (χ0v) is 11.9. The summed E-state index contributed by atoms with van der Waals surface area (Å²) < 4.78 is 0. The molecule has 2 heterocycles. The summed E-state index contributed by atoms with van der Waals surface area (Å²) in [4.78, 5) is 25.5. The van der Waals surface area contributed by atoms with Crippen LogP contribution >= 0.6 is 0 Å². The summed E-state index contributed by atoms with van der Waals surface area (Å²) >= 11 is 0. The van der Waals surface area contributed by atoms with Gasteiger partial charge in [-0.3, -0.25) is 14.9 Å². The van der Waals surface area contributed by atoms with Gasteiger partial charge in [-0.2, -0.15) is 0 Å². The van der Waals surface area contributed by atoms with E-state index in [9.17, 15) is 14.9 Å². The number of primary amides is 1. The Morgan fingerprint density at radius 2 is 2.43 bits per heavy atom. The highest BCUT2D eigenvalue weighted by atomic mass is 16.6. The molecule has 1 saturated heterocycles. The molecule has 0 spiro atoms. The zero-order valence-electron chi connectivity index (χ0n) is 11.9. The number of carbonyl (C=O) groups is 1. The molecule has 0 radical (unpaired) electrons. The van der Waals surface area contributed by atoms with Gasteiger partial charge in [0.25, 0.3) is 11.6 Å². The smallest absolute Gasteiger partial charge is 0.288 e. The molecule has 0 saturated carbocycles. The van der Waals surface area contributed by atoms with E-state index >= 15 is 0 Å². The van der Waals surface area contributed by atoms with E-state index in [1.807, 2.05) is 0 Å². The van der Waals surface area contributed by atoms with Gasteiger partial charge in [-0.05, 0) is 24.8 Å². The number of hydrogen-bond donors (Lipinski definition) is 3. The second-order valence-corrected chi connectivity index (χ2v) is 5.66. The molecule has 8 nitrogen and oxygen atoms in total. The van der Waals surface area contributed by atoms with E-state index in [4.69, 9.17) is 5.73 Å². The van der Waals surface area contributed by atoms with E-state index in [1.165, 1.54) is 0 Å². The van der Waals surface area contributed by atoms with Gasteiger partial charge in [0.15, 0.2) is 0 Å². The number of nitrogens with two attached hydrogens (primary N) is 1. The van der Waals surface area contributed by atoms with Crippen molar-refractivity contribution in [3.63, 3.8) is 0 Å². The first-order valence-corrected chi connectivity index (χ1v) is 6.80. The van der Waals surface area contributed by atoms with Crippen LogP contribution in [0.3, 0.4) is 0 Å². The van der Waals surface area contributed by atoms with E-state index in [1.54, 1.807) is 0 Å². The van der Waals surface area contributed by atoms with Gasteiger partial charge in [-0.1, -0.05) is 6.92 Å². The summed E-state index contributed by atoms with van der Waals surface area (Å²) in [5, 5.41) is 17.2. The highest BCUT2D eigenvalue weighted by molar-refractivity contribution is 5.98. The number of nitrogens with zero attached hydrogens (tertiary/aromatic N) is 2. The minimum absolute atomic E-state index is 0.0385. The first-order chi connectivity index (χ1) is 9.91. The van der Waals surface area contributed by atoms with Gasteiger partial charge >= 0.3 is 0 Å². The number of piperidine rings is 1. The van der Waals surface area contributed by atoms with Crippen LogP contribution in [0.4, 0.5) is 11.5 Å². The summed E-state index contributed by atoms with van der Waals surface area (Å²) in [6, 6.07) is 1.15. The van der Waals surface area contributed by atoms with Crippen LogP contribution in [0.2, 0.25) is 0 Å². The van der Waals surface area contributed by atoms with Crippen LogP contribution in [0.25, 0.3) is 0 Å². The average Bonchev–Trinajstić information content (AvgIpc) is 2.45. The Balaban J connectivity index is 2.15. The Morgan fingerprint density at radius 1 is 1.67 bits per heavy atom. The molecule has 0 bridgehead atoms. The van der Waals surface area contributed by atoms with Gasteiger partial charge in [-0.15, -0.1) is 0 Å². The molecule has 1 unspecified atom stereocenters. The van der Waals surface area contributed by atoms with E-state index in [-0.39, 0.29) is 16.7 Å². The second-order valence-electron chi connectivity index (χ2n) is 5.66. The molecule has 1 fully saturated rings. The third kappa shape index (κ3) is 3.66. The fourth-order valence-corrected chi connectivity index (χ4v) is 2.45. The number of nitro groups is 1. The molecule has 0 aliphatic carbocycles. The molecule has 8 heteroatoms. The van der Waals surface area contributed by atoms with Crippen LogP contribution in [0, 0.1) is 15.5 Å². The van der Waals surface area contributed by atoms with Crippen LogP contribution in [0.1, 0.15) is 30.1 Å². The number of nitrogens with one attached hydrogen (secondary N) is 2. The minimum Gasteiger partial charge on any atom is -0.369 e. The number of rotatable bonds is 5. The van der Waals surface area contributed by atoms with Crippen LogP contribution in [0.15, 0.2) is 12.3 Å². The van der Waals surface area contributed by atoms with E-state index in [0.717, 1.165) is 38.2 Å². The van der Waals surface area contributed by atoms with Crippen molar-refractivity contribution >= 4 is 17.4 Å². The van der Waals surface area contributed by atoms with Gasteiger partial charge in [-0.25, -0.2) is 4.98 Å². The van der Waals surface area contributed by atoms with Crippen LogP contribution in [-0.4, -0.2) is 35.4 Å². The summed E-state index contributed by atoms with van der Waals surface area (Å²) in [5.41, 5.74) is 5.11. The van der Waals surface area contributed by atoms with Crippen molar-refractivity contribution in [2.24, 2.45) is 11.1 Å². The van der Waals surface area contributed by atoms with Gasteiger partial charge in [0.2, 0.25) is 0 Å². The molecular weight excluding hydrogens is 274 g/mol. The van der Waals surface area contributed by atoms with Crippen molar-refractivity contribution in [3.05, 3.63) is 27.9 Å². The highest BCUT2D eigenvalue weighted by Gasteiger charge is 2.27. The fraction of sp³-hybridized carbons (Fsp3) is 0.538. The molecule has 1 aromatic heterocycles. The number of hydrogen-bond acceptors (Lipinski definition) is 6. The lowest BCUT2D eigenvalue weighted by Gasteiger charge is -2.34. The molecule has 2 rings (SSSR count). The maximum Gasteiger partial charge on any atom is 0.288 e. The summed E-state index contributed by atoms with van der Waals surface area (Å²) in [6.45, 7) is 4.64. The Morgan fingerprint density at radius 3 is 3.00 bits per heavy atom. The van der Waals surface area contributed by atoms with E-state index < -0.39 is 10.8 Å². The summed E-state index contributed by atoms with van der Waals surface area (Å²) in [7, 11) is 0. The van der Waals surface area contributed by atoms with Crippen LogP contribution in [-0.2, 0) is 0 Å². The lowest BCUT2D eigenvalue weighted by Crippen LogP contribution is -2.42. The van der Waals surface area contributed by atoms with Crippen molar-refractivity contribution in [2.75, 3.05) is 25.0 Å². The number of anilines is 1. The number of carbonyl (C=O) groups excluding carboxylic acids is 1. The fourth-order valence-electron chi connectivity index (χ4n) is 2.45. The number of amides is 1. The normalized spacial score (nSPS) is 21.8. The Hall–Kier alpha value is -2.22. The largest absolute Gasteiger partial charge is 0.369 e. The van der Waals surface area contributed by atoms with Crippen LogP contribution in [0.5, 0.6) is 0 Å². The molecule has 1 aliphatic heterocycles. The van der Waals surface area contributed by atoms with Gasteiger partial charge < -0.3 is 16.4 Å². The molecule has 1 atom stereocenters. The first kappa shape index (κ1) is 15.2. The third-order valence-corrected chi connectivity index (χ3v) is 3.72. The third-order valence-electron chi connectivity index (χ3n) is 3.72. The van der Waals surface area contributed by atoms with E-state index in [2.05, 4.69) is 22.5 Å². The van der Waals surface area contributed by atoms with Crippen molar-refractivity contribution < 1.29 is 9.72 Å². The van der Waals surface area contributed by atoms with Gasteiger partial charge in [0.1, 0.15) is 12.0 Å². The second kappa shape index (κ2) is 6.04. The van der Waals surface area contributed by atoms with Crippen molar-refractivity contribution in [1.29, 1.82) is 0 Å². The maximum absolute atomic E-state index is 11.4. The topological polar surface area (TPSA) is 123 Å². The number of pyridine rings is 1. The zero-order chi connectivity index (χ0) is 15.5. The lowest BCUT2D eigenvalue weighted by molar-refractivity contribution is -0.385. The SMILES string of the molecule is CC1(CNc2ncc([N+](=O)[O-])cc2C(N)=O)CCCNC1. The molecule has 1 aromatic rings. The molecule has 4 N–H and O–H groups in total. The lowest BCUT2D eigenvalue weighted by atomic mass is 9.83. The van der Waals surface area contributed by atoms with Crippen molar-refractivity contribution in [2.45, 2.75) is 19.8 Å². The highest BCUT2D eigenvalue weighted by Crippen LogP contribution is 2.26. The minimum atomic E-state index is -0.736. The van der Waals surface area contributed by atoms with Crippen LogP contribution < -0.4 is 16.4 Å². The average molecular weight is 293 g/mol. The van der Waals surface area contributed by atoms with Gasteiger partial charge in [0, 0.05) is 19.2 Å². The molecular formula is C13H19N5O3. The molecule has 114 valence electrons. The van der Waals surface area contributed by atoms with Crippen molar-refractivity contribution in [3.8, 4) is 0 Å². The van der Waals surface area contributed by atoms with Crippen molar-refractivity contribution in [1.82, 2.24) is 10.3 Å². The van der Waals surface area contributed by atoms with Gasteiger partial charge in [0.05, 0.1) is 10.5 Å². The standard InChI is InChI=1S/C13H19N5O3/c1-13(3-2-4-15-7-13)8-17-12-10(11(14)19)5-9(6-16-12)18(20)21/h5-6,15H,2-4,7-8H2,1H3,(H2,14,19)(H,16,17). The monoisotopic (exact) mass is 293 g/mol. The Bertz CT molecular complexity index is 555. The predicted octanol–water partition coefficient (Wildman–Crippen LogP) is 0.890. The summed E-state index contributed by atoms with van der Waals surface area (Å²) in [6.07, 6.45) is 3.27. The quantitative estimate of drug-likeness (QED) is 0.547. The molecule has 0 aromatic carbocycles. The molecule has 1 aliphatic rings. The molecule has 1 amide bonds. The summed E-state index contributed by atoms with van der Waals surface area (Å²) in [5.74, 6) is -0.444. The maximum atomic E-state index is 11.4. The van der Waals surface area contributed by atoms with E-state index in [0.29, 0.717) is 12.4 Å². The number of aromatic nitrogens is 1. The predicted molar refractivity (Wildman–Crippen MR) is 78.1 cm³/mol.